The van der Waals surface area contributed by atoms with Gasteiger partial charge in [-0.3, -0.25) is 4.79 Å². The minimum absolute atomic E-state index is 0.167. The zero-order valence-electron chi connectivity index (χ0n) is 16.1. The Morgan fingerprint density at radius 2 is 2.00 bits per heavy atom. The van der Waals surface area contributed by atoms with Gasteiger partial charge in [0.25, 0.3) is 0 Å². The first-order chi connectivity index (χ1) is 14.2. The molecule has 0 saturated carbocycles. The average Bonchev–Trinajstić information content (AvgIpc) is 3.08. The summed E-state index contributed by atoms with van der Waals surface area (Å²) in [6.07, 6.45) is 3.12. The van der Waals surface area contributed by atoms with Crippen LogP contribution in [-0.2, 0) is 22.6 Å². The highest BCUT2D eigenvalue weighted by Gasteiger charge is 2.19. The summed E-state index contributed by atoms with van der Waals surface area (Å²) in [5.74, 6) is 1.07. The third kappa shape index (κ3) is 4.06. The lowest BCUT2D eigenvalue weighted by atomic mass is 10.2. The van der Waals surface area contributed by atoms with Crippen molar-refractivity contribution in [2.45, 2.75) is 13.1 Å². The van der Waals surface area contributed by atoms with E-state index in [0.717, 1.165) is 16.0 Å². The van der Waals surface area contributed by atoms with E-state index in [2.05, 4.69) is 15.4 Å². The number of amides is 1. The van der Waals surface area contributed by atoms with Crippen molar-refractivity contribution >= 4 is 17.4 Å². The molecule has 2 aromatic heterocycles. The van der Waals surface area contributed by atoms with Gasteiger partial charge in [0, 0.05) is 32.0 Å². The van der Waals surface area contributed by atoms with Gasteiger partial charge >= 0.3 is 5.69 Å². The van der Waals surface area contributed by atoms with Gasteiger partial charge in [0.05, 0.1) is 20.3 Å². The minimum Gasteiger partial charge on any atom is -0.497 e. The van der Waals surface area contributed by atoms with Crippen LogP contribution in [0.5, 0.6) is 5.75 Å². The van der Waals surface area contributed by atoms with Gasteiger partial charge in [-0.2, -0.15) is 0 Å². The van der Waals surface area contributed by atoms with Crippen LogP contribution in [0.1, 0.15) is 5.56 Å². The van der Waals surface area contributed by atoms with Gasteiger partial charge in [0.1, 0.15) is 12.3 Å². The third-order valence-corrected chi connectivity index (χ3v) is 4.74. The van der Waals surface area contributed by atoms with Crippen molar-refractivity contribution in [2.24, 2.45) is 0 Å². The van der Waals surface area contributed by atoms with Gasteiger partial charge in [0.15, 0.2) is 5.82 Å². The number of aromatic nitrogens is 4. The van der Waals surface area contributed by atoms with E-state index in [1.54, 1.807) is 19.5 Å². The second-order valence-electron chi connectivity index (χ2n) is 6.61. The number of benzene rings is 1. The van der Waals surface area contributed by atoms with Crippen molar-refractivity contribution in [3.05, 3.63) is 52.7 Å². The molecule has 3 heterocycles. The molecule has 1 aromatic carbocycles. The van der Waals surface area contributed by atoms with E-state index in [0.29, 0.717) is 44.3 Å². The van der Waals surface area contributed by atoms with Crippen LogP contribution in [-0.4, -0.2) is 58.5 Å². The fraction of sp³-hybridized carbons (Fsp3) is 0.368. The first-order valence-corrected chi connectivity index (χ1v) is 9.32. The molecule has 1 amide bonds. The Balaban J connectivity index is 1.47. The molecule has 1 aliphatic rings. The molecule has 10 nitrogen and oxygen atoms in total. The number of methoxy groups -OCH3 is 1. The van der Waals surface area contributed by atoms with E-state index in [1.165, 1.54) is 4.40 Å². The van der Waals surface area contributed by atoms with Crippen LogP contribution in [0.25, 0.3) is 5.65 Å². The Morgan fingerprint density at radius 3 is 2.72 bits per heavy atom. The van der Waals surface area contributed by atoms with Crippen LogP contribution in [0.4, 0.5) is 5.82 Å². The number of carbonyl (C=O) groups excluding carboxylic acids is 1. The highest BCUT2D eigenvalue weighted by atomic mass is 16.5. The van der Waals surface area contributed by atoms with Crippen molar-refractivity contribution in [3.63, 3.8) is 0 Å². The van der Waals surface area contributed by atoms with Crippen LogP contribution in [0, 0.1) is 0 Å². The van der Waals surface area contributed by atoms with E-state index < -0.39 is 0 Å². The normalized spacial score (nSPS) is 14.2. The molecule has 0 atom stereocenters. The number of ether oxygens (including phenoxy) is 2. The van der Waals surface area contributed by atoms with E-state index in [-0.39, 0.29) is 18.1 Å². The maximum Gasteiger partial charge on any atom is 0.350 e. The molecule has 4 rings (SSSR count). The SMILES string of the molecule is COc1ccc(CNC(=O)Cn2nc3c(N4CCOCC4)nccn3c2=O)cc1. The third-order valence-electron chi connectivity index (χ3n) is 4.74. The van der Waals surface area contributed by atoms with E-state index in [9.17, 15) is 9.59 Å². The smallest absolute Gasteiger partial charge is 0.350 e. The van der Waals surface area contributed by atoms with Gasteiger partial charge < -0.3 is 19.7 Å². The Hall–Kier alpha value is -3.40. The molecule has 0 radical (unpaired) electrons. The topological polar surface area (TPSA) is 103 Å². The molecule has 1 N–H and O–H groups in total. The van der Waals surface area contributed by atoms with Crippen LogP contribution in [0.2, 0.25) is 0 Å². The largest absolute Gasteiger partial charge is 0.497 e. The minimum atomic E-state index is -0.378. The van der Waals surface area contributed by atoms with Gasteiger partial charge in [-0.25, -0.2) is 18.9 Å². The Labute approximate surface area is 166 Å². The molecular weight excluding hydrogens is 376 g/mol. The maximum atomic E-state index is 12.6. The monoisotopic (exact) mass is 398 g/mol. The number of fused-ring (bicyclic) bond motifs is 1. The second kappa shape index (κ2) is 8.31. The number of nitrogens with one attached hydrogen (secondary N) is 1. The zero-order chi connectivity index (χ0) is 20.2. The number of hydrogen-bond donors (Lipinski definition) is 1. The van der Waals surface area contributed by atoms with Crippen LogP contribution in [0.15, 0.2) is 41.5 Å². The molecule has 1 aliphatic heterocycles. The molecule has 0 unspecified atom stereocenters. The fourth-order valence-electron chi connectivity index (χ4n) is 3.17. The molecule has 1 fully saturated rings. The summed E-state index contributed by atoms with van der Waals surface area (Å²) in [4.78, 5) is 31.4. The molecular formula is C19H22N6O4. The summed E-state index contributed by atoms with van der Waals surface area (Å²) in [6, 6.07) is 7.40. The number of nitrogens with zero attached hydrogens (tertiary/aromatic N) is 5. The van der Waals surface area contributed by atoms with E-state index in [1.807, 2.05) is 29.2 Å². The van der Waals surface area contributed by atoms with Crippen molar-refractivity contribution in [1.29, 1.82) is 0 Å². The van der Waals surface area contributed by atoms with Crippen LogP contribution >= 0.6 is 0 Å². The Kier molecular flexibility index (Phi) is 5.43. The summed E-state index contributed by atoms with van der Waals surface area (Å²) in [7, 11) is 1.60. The zero-order valence-corrected chi connectivity index (χ0v) is 16.1. The Bertz CT molecular complexity index is 1050. The van der Waals surface area contributed by atoms with Gasteiger partial charge in [-0.05, 0) is 17.7 Å². The Morgan fingerprint density at radius 1 is 1.24 bits per heavy atom. The number of hydrogen-bond acceptors (Lipinski definition) is 7. The molecule has 0 bridgehead atoms. The lowest BCUT2D eigenvalue weighted by Crippen LogP contribution is -2.37. The van der Waals surface area contributed by atoms with Crippen molar-refractivity contribution in [1.82, 2.24) is 24.5 Å². The highest BCUT2D eigenvalue weighted by molar-refractivity contribution is 5.75. The number of anilines is 1. The summed E-state index contributed by atoms with van der Waals surface area (Å²) in [5, 5.41) is 7.15. The first kappa shape index (κ1) is 18.9. The summed E-state index contributed by atoms with van der Waals surface area (Å²) in [5.41, 5.74) is 0.985. The number of carbonyl (C=O) groups is 1. The molecule has 152 valence electrons. The predicted octanol–water partition coefficient (Wildman–Crippen LogP) is 0.0526. The van der Waals surface area contributed by atoms with Gasteiger partial charge in [-0.15, -0.1) is 5.10 Å². The van der Waals surface area contributed by atoms with E-state index >= 15 is 0 Å². The number of rotatable bonds is 6. The lowest BCUT2D eigenvalue weighted by Gasteiger charge is -2.27. The molecule has 3 aromatic rings. The lowest BCUT2D eigenvalue weighted by molar-refractivity contribution is -0.122. The van der Waals surface area contributed by atoms with Crippen molar-refractivity contribution < 1.29 is 14.3 Å². The quantitative estimate of drug-likeness (QED) is 0.626. The maximum absolute atomic E-state index is 12.6. The summed E-state index contributed by atoms with van der Waals surface area (Å²) < 4.78 is 13.1. The standard InChI is InChI=1S/C19H22N6O4/c1-28-15-4-2-14(3-5-15)12-21-16(26)13-25-19(27)24-7-6-20-17(18(24)22-25)23-8-10-29-11-9-23/h2-7H,8-13H2,1H3,(H,21,26). The van der Waals surface area contributed by atoms with Crippen molar-refractivity contribution in [2.75, 3.05) is 38.3 Å². The number of morpholine rings is 1. The summed E-state index contributed by atoms with van der Waals surface area (Å²) >= 11 is 0. The van der Waals surface area contributed by atoms with E-state index in [4.69, 9.17) is 9.47 Å². The highest BCUT2D eigenvalue weighted by Crippen LogP contribution is 2.16. The average molecular weight is 398 g/mol. The molecule has 29 heavy (non-hydrogen) atoms. The van der Waals surface area contributed by atoms with Crippen LogP contribution in [0.3, 0.4) is 0 Å². The molecule has 10 heteroatoms. The van der Waals surface area contributed by atoms with Crippen molar-refractivity contribution in [3.8, 4) is 5.75 Å². The summed E-state index contributed by atoms with van der Waals surface area (Å²) in [6.45, 7) is 2.74. The van der Waals surface area contributed by atoms with Gasteiger partial charge in [0.2, 0.25) is 11.6 Å². The molecule has 0 aliphatic carbocycles. The molecule has 1 saturated heterocycles. The van der Waals surface area contributed by atoms with Crippen LogP contribution < -0.4 is 20.6 Å². The second-order valence-corrected chi connectivity index (χ2v) is 6.61. The predicted molar refractivity (Wildman–Crippen MR) is 105 cm³/mol. The first-order valence-electron chi connectivity index (χ1n) is 9.32. The fourth-order valence-corrected chi connectivity index (χ4v) is 3.17. The molecule has 0 spiro atoms. The van der Waals surface area contributed by atoms with Gasteiger partial charge in [-0.1, -0.05) is 12.1 Å².